The number of hydrogen-bond acceptors (Lipinski definition) is 6. The number of pyridine rings is 1. The van der Waals surface area contributed by atoms with Crippen molar-refractivity contribution in [2.24, 2.45) is 0 Å². The van der Waals surface area contributed by atoms with Crippen molar-refractivity contribution in [1.29, 1.82) is 0 Å². The van der Waals surface area contributed by atoms with Gasteiger partial charge in [-0.05, 0) is 54.7 Å². The number of aliphatic hydroxyl groups excluding tert-OH is 1. The number of aromatic nitrogens is 1. The van der Waals surface area contributed by atoms with Gasteiger partial charge < -0.3 is 15.6 Å². The first kappa shape index (κ1) is 30.6. The summed E-state index contributed by atoms with van der Waals surface area (Å²) in [6.07, 6.45) is 0.880. The predicted molar refractivity (Wildman–Crippen MR) is 144 cm³/mol. The fraction of sp³-hybridized carbons (Fsp3) is 0.393. The van der Waals surface area contributed by atoms with Crippen molar-refractivity contribution < 1.29 is 52.1 Å². The molecule has 10 heteroatoms. The van der Waals surface area contributed by atoms with E-state index in [0.717, 1.165) is 71.7 Å². The Balaban J connectivity index is 0.000000213. The molecule has 0 bridgehead atoms. The van der Waals surface area contributed by atoms with Crippen LogP contribution >= 0.6 is 11.6 Å². The van der Waals surface area contributed by atoms with E-state index in [0.29, 0.717) is 23.6 Å². The number of hydrogen-bond donors (Lipinski definition) is 2. The van der Waals surface area contributed by atoms with Gasteiger partial charge in [0.15, 0.2) is 0 Å². The van der Waals surface area contributed by atoms with Crippen molar-refractivity contribution in [2.45, 2.75) is 45.8 Å². The van der Waals surface area contributed by atoms with Crippen LogP contribution in [-0.2, 0) is 60.2 Å². The summed E-state index contributed by atoms with van der Waals surface area (Å²) in [6, 6.07) is 11.1. The number of benzene rings is 2. The summed E-state index contributed by atoms with van der Waals surface area (Å²) in [7, 11) is 0. The van der Waals surface area contributed by atoms with E-state index < -0.39 is 0 Å². The van der Waals surface area contributed by atoms with Crippen molar-refractivity contribution in [3.05, 3.63) is 75.1 Å². The maximum atomic E-state index is 12.0. The molecule has 1 aromatic heterocycles. The molecule has 1 unspecified atom stereocenters. The summed E-state index contributed by atoms with van der Waals surface area (Å²) in [5.74, 6) is -0.783. The Morgan fingerprint density at radius 3 is 2.58 bits per heavy atom. The summed E-state index contributed by atoms with van der Waals surface area (Å²) >= 11 is 6.07. The number of fused-ring (bicyclic) bond motifs is 1. The fourth-order valence-electron chi connectivity index (χ4n) is 4.67. The summed E-state index contributed by atoms with van der Waals surface area (Å²) < 4.78 is 5.31. The van der Waals surface area contributed by atoms with Crippen LogP contribution in [0.5, 0.6) is 0 Å². The maximum absolute atomic E-state index is 12.0. The normalized spacial score (nSPS) is 17.8. The summed E-state index contributed by atoms with van der Waals surface area (Å²) in [5, 5.41) is 13.2. The van der Waals surface area contributed by atoms with Gasteiger partial charge in [0.25, 0.3) is 0 Å². The van der Waals surface area contributed by atoms with Crippen LogP contribution in [0.15, 0.2) is 36.4 Å². The molecule has 199 valence electrons. The number of aliphatic hydroxyl groups is 1. The Morgan fingerprint density at radius 2 is 1.89 bits per heavy atom. The van der Waals surface area contributed by atoms with Crippen molar-refractivity contribution in [1.82, 2.24) is 15.2 Å². The summed E-state index contributed by atoms with van der Waals surface area (Å²) in [4.78, 5) is 30.1. The molecule has 2 saturated heterocycles. The second-order valence-electron chi connectivity index (χ2n) is 9.48. The van der Waals surface area contributed by atoms with E-state index in [4.69, 9.17) is 22.1 Å². The van der Waals surface area contributed by atoms with Gasteiger partial charge >= 0.3 is 0 Å². The minimum Gasteiger partial charge on any atom is -0.699 e. The van der Waals surface area contributed by atoms with Crippen LogP contribution in [0.3, 0.4) is 0 Å². The van der Waals surface area contributed by atoms with Gasteiger partial charge in [0.1, 0.15) is 0 Å². The van der Waals surface area contributed by atoms with E-state index in [1.807, 2.05) is 44.2 Å². The molecule has 38 heavy (non-hydrogen) atoms. The number of piperidine rings is 1. The second-order valence-corrected chi connectivity index (χ2v) is 9.89. The fourth-order valence-corrected chi connectivity index (χ4v) is 4.91. The topological polar surface area (TPSA) is 116 Å². The van der Waals surface area contributed by atoms with Crippen LogP contribution < -0.4 is 5.32 Å². The number of morpholine rings is 1. The van der Waals surface area contributed by atoms with Crippen LogP contribution in [0.4, 0.5) is 5.69 Å². The number of rotatable bonds is 4. The molecule has 2 aliphatic heterocycles. The first-order valence-electron chi connectivity index (χ1n) is 12.4. The van der Waals surface area contributed by atoms with Crippen LogP contribution in [0.1, 0.15) is 46.7 Å². The largest absolute Gasteiger partial charge is 0.699 e. The van der Waals surface area contributed by atoms with Gasteiger partial charge in [-0.2, -0.15) is 0 Å². The number of imide groups is 1. The van der Waals surface area contributed by atoms with Gasteiger partial charge in [0.2, 0.25) is 11.8 Å². The Labute approximate surface area is 253 Å². The number of halogens is 1. The molecule has 2 aliphatic rings. The van der Waals surface area contributed by atoms with Gasteiger partial charge in [-0.1, -0.05) is 35.9 Å². The molecule has 1 atom stereocenters. The Kier molecular flexibility index (Phi) is 11.2. The van der Waals surface area contributed by atoms with E-state index >= 15 is 0 Å². The molecule has 0 saturated carbocycles. The van der Waals surface area contributed by atoms with Gasteiger partial charge in [0.05, 0.1) is 31.3 Å². The van der Waals surface area contributed by atoms with Crippen LogP contribution in [0.25, 0.3) is 16.6 Å². The van der Waals surface area contributed by atoms with Gasteiger partial charge in [-0.25, -0.2) is 0 Å². The molecular formula is C28H32ClN4O4Y-. The van der Waals surface area contributed by atoms with E-state index in [9.17, 15) is 14.7 Å². The minimum absolute atomic E-state index is 0. The van der Waals surface area contributed by atoms with Crippen molar-refractivity contribution >= 4 is 40.0 Å². The number of nitrogens with zero attached hydrogens (tertiary/aromatic N) is 2. The van der Waals surface area contributed by atoms with Crippen LogP contribution in [0.2, 0.25) is 5.02 Å². The van der Waals surface area contributed by atoms with Crippen molar-refractivity contribution in [2.75, 3.05) is 26.3 Å². The monoisotopic (exact) mass is 612 g/mol. The zero-order chi connectivity index (χ0) is 26.5. The van der Waals surface area contributed by atoms with E-state index in [2.05, 4.69) is 15.2 Å². The zero-order valence-electron chi connectivity index (χ0n) is 21.7. The molecule has 0 aliphatic carbocycles. The van der Waals surface area contributed by atoms with E-state index in [1.165, 1.54) is 0 Å². The molecule has 1 radical (unpaired) electrons. The molecule has 3 N–H and O–H groups in total. The van der Waals surface area contributed by atoms with Gasteiger partial charge in [-0.3, -0.25) is 24.8 Å². The molecule has 2 amide bonds. The Hall–Kier alpha value is -1.94. The molecule has 2 aromatic carbocycles. The third-order valence-corrected chi connectivity index (χ3v) is 7.25. The molecule has 2 fully saturated rings. The van der Waals surface area contributed by atoms with Crippen molar-refractivity contribution in [3.8, 4) is 0 Å². The van der Waals surface area contributed by atoms with Gasteiger partial charge in [-0.15, -0.1) is 5.69 Å². The average molecular weight is 613 g/mol. The first-order chi connectivity index (χ1) is 17.7. The molecule has 8 nitrogen and oxygen atoms in total. The summed E-state index contributed by atoms with van der Waals surface area (Å²) in [6.45, 7) is 8.23. The molecular weight excluding hydrogens is 581 g/mol. The smallest absolute Gasteiger partial charge is 0.234 e. The van der Waals surface area contributed by atoms with E-state index in [1.54, 1.807) is 6.07 Å². The number of ether oxygens (including phenoxy) is 1. The average Bonchev–Trinajstić information content (AvgIpc) is 2.87. The third kappa shape index (κ3) is 7.59. The number of nitrogens with one attached hydrogen (secondary N) is 2. The summed E-state index contributed by atoms with van der Waals surface area (Å²) in [5.41, 5.74) is 13.6. The minimum atomic E-state index is -0.322. The number of aryl methyl sites for hydroxylation is 1. The quantitative estimate of drug-likeness (QED) is 0.412. The van der Waals surface area contributed by atoms with Gasteiger partial charge in [0, 0.05) is 74.9 Å². The predicted octanol–water partition coefficient (Wildman–Crippen LogP) is 4.72. The van der Waals surface area contributed by atoms with Crippen LogP contribution in [0, 0.1) is 13.8 Å². The second kappa shape index (κ2) is 13.9. The number of carbonyl (C=O) groups excluding carboxylic acids is 2. The van der Waals surface area contributed by atoms with Crippen LogP contribution in [-0.4, -0.2) is 53.1 Å². The number of amides is 2. The Bertz CT molecular complexity index is 1310. The molecule has 3 aromatic rings. The zero-order valence-corrected chi connectivity index (χ0v) is 25.3. The maximum Gasteiger partial charge on any atom is 0.234 e. The number of carbonyl (C=O) groups is 2. The molecule has 3 heterocycles. The first-order valence-corrected chi connectivity index (χ1v) is 12.8. The molecule has 5 rings (SSSR count). The SMILES string of the molecule is Cc1c(Cl)cc([NH-])cc1CN1CCOCC1.Cc1nc2cc(CO)ccc2cc1C1CCC(=O)NC1=O.[Y]. The third-order valence-electron chi connectivity index (χ3n) is 6.86. The van der Waals surface area contributed by atoms with Crippen molar-refractivity contribution in [3.63, 3.8) is 0 Å². The molecule has 0 spiro atoms. The van der Waals surface area contributed by atoms with E-state index in [-0.39, 0.29) is 57.0 Å². The Morgan fingerprint density at radius 1 is 1.16 bits per heavy atom. The standard InChI is InChI=1S/C16H16N2O3.C12H16ClN2O.Y/c1-9-13(12-4-5-15(20)18-16(12)21)7-11-3-2-10(8-19)6-14(11)17-9;1-9-10(6-11(14)7-12(9)13)8-15-2-4-16-5-3-15;/h2-3,6-7,12,19H,4-5,8H2,1H3,(H,18,20,21);6-7,14H,2-5,8H2,1H3;/q;-1;.